The van der Waals surface area contributed by atoms with Gasteiger partial charge in [-0.25, -0.2) is 0 Å². The topological polar surface area (TPSA) is 12.4 Å². The molecular formula is C16H19N. The van der Waals surface area contributed by atoms with Crippen LogP contribution in [0.3, 0.4) is 0 Å². The number of para-hydroxylation sites is 1. The van der Waals surface area contributed by atoms with E-state index >= 15 is 0 Å². The minimum Gasteiger partial charge on any atom is -0.257 e. The minimum absolute atomic E-state index is 0.0825. The van der Waals surface area contributed by atoms with Gasteiger partial charge < -0.3 is 0 Å². The average molecular weight is 225 g/mol. The van der Waals surface area contributed by atoms with E-state index in [1.165, 1.54) is 12.0 Å². The molecule has 1 aliphatic rings. The highest BCUT2D eigenvalue weighted by molar-refractivity contribution is 6.01. The van der Waals surface area contributed by atoms with Crippen LogP contribution in [0.2, 0.25) is 0 Å². The Balaban J connectivity index is 2.38. The predicted octanol–water partition coefficient (Wildman–Crippen LogP) is 4.56. The molecule has 0 bridgehead atoms. The molecule has 1 heterocycles. The molecule has 0 saturated heterocycles. The van der Waals surface area contributed by atoms with Crippen LogP contribution in [0.1, 0.15) is 39.2 Å². The molecule has 1 atom stereocenters. The van der Waals surface area contributed by atoms with Gasteiger partial charge in [0.25, 0.3) is 0 Å². The lowest BCUT2D eigenvalue weighted by Crippen LogP contribution is -2.24. The molecule has 0 aliphatic carbocycles. The summed E-state index contributed by atoms with van der Waals surface area (Å²) in [6.45, 7) is 6.49. The van der Waals surface area contributed by atoms with Gasteiger partial charge in [-0.15, -0.1) is 5.73 Å². The SMILES string of the molecule is CCCC=C=CC1(C)C(C)=Nc2ccccc21. The first kappa shape index (κ1) is 11.9. The molecule has 0 spiro atoms. The van der Waals surface area contributed by atoms with Gasteiger partial charge in [-0.1, -0.05) is 31.5 Å². The van der Waals surface area contributed by atoms with E-state index in [1.54, 1.807) is 0 Å². The molecule has 0 saturated carbocycles. The van der Waals surface area contributed by atoms with E-state index in [9.17, 15) is 0 Å². The predicted molar refractivity (Wildman–Crippen MR) is 74.1 cm³/mol. The quantitative estimate of drug-likeness (QED) is 0.669. The molecule has 88 valence electrons. The fourth-order valence-corrected chi connectivity index (χ4v) is 2.14. The van der Waals surface area contributed by atoms with Crippen molar-refractivity contribution in [3.05, 3.63) is 47.7 Å². The Hall–Kier alpha value is -1.59. The largest absolute Gasteiger partial charge is 0.257 e. The van der Waals surface area contributed by atoms with Gasteiger partial charge in [0.2, 0.25) is 0 Å². The van der Waals surface area contributed by atoms with E-state index in [0.717, 1.165) is 17.8 Å². The molecule has 0 radical (unpaired) electrons. The Morgan fingerprint density at radius 2 is 2.12 bits per heavy atom. The summed E-state index contributed by atoms with van der Waals surface area (Å²) in [6.07, 6.45) is 6.51. The van der Waals surface area contributed by atoms with Crippen LogP contribution in [0.5, 0.6) is 0 Å². The Morgan fingerprint density at radius 3 is 2.88 bits per heavy atom. The average Bonchev–Trinajstić information content (AvgIpc) is 2.59. The molecule has 1 aromatic rings. The first-order chi connectivity index (χ1) is 8.18. The number of rotatable bonds is 3. The summed E-state index contributed by atoms with van der Waals surface area (Å²) in [5, 5.41) is 0. The summed E-state index contributed by atoms with van der Waals surface area (Å²) in [5.74, 6) is 0. The third kappa shape index (κ3) is 2.11. The summed E-state index contributed by atoms with van der Waals surface area (Å²) in [5.41, 5.74) is 6.76. The molecule has 1 nitrogen and oxygen atoms in total. The summed E-state index contributed by atoms with van der Waals surface area (Å²) in [6, 6.07) is 8.35. The molecular weight excluding hydrogens is 206 g/mol. The van der Waals surface area contributed by atoms with Crippen LogP contribution in [0.4, 0.5) is 5.69 Å². The van der Waals surface area contributed by atoms with Gasteiger partial charge in [0.1, 0.15) is 0 Å². The van der Waals surface area contributed by atoms with Gasteiger partial charge in [-0.05, 0) is 44.1 Å². The van der Waals surface area contributed by atoms with Crippen molar-refractivity contribution >= 4 is 11.4 Å². The maximum atomic E-state index is 4.64. The number of hydrogen-bond donors (Lipinski definition) is 0. The number of hydrogen-bond acceptors (Lipinski definition) is 1. The third-order valence-corrected chi connectivity index (χ3v) is 3.43. The van der Waals surface area contributed by atoms with Crippen molar-refractivity contribution in [2.45, 2.75) is 39.0 Å². The van der Waals surface area contributed by atoms with E-state index in [4.69, 9.17) is 0 Å². The van der Waals surface area contributed by atoms with Gasteiger partial charge in [-0.3, -0.25) is 4.99 Å². The first-order valence-corrected chi connectivity index (χ1v) is 6.26. The molecule has 1 aromatic carbocycles. The monoisotopic (exact) mass is 225 g/mol. The zero-order valence-corrected chi connectivity index (χ0v) is 10.8. The fraction of sp³-hybridized carbons (Fsp3) is 0.375. The van der Waals surface area contributed by atoms with Crippen molar-refractivity contribution < 1.29 is 0 Å². The van der Waals surface area contributed by atoms with Crippen LogP contribution in [0.15, 0.2) is 47.1 Å². The van der Waals surface area contributed by atoms with E-state index in [1.807, 2.05) is 6.07 Å². The lowest BCUT2D eigenvalue weighted by atomic mass is 9.80. The number of unbranched alkanes of at least 4 members (excludes halogenated alkanes) is 1. The Morgan fingerprint density at radius 1 is 1.35 bits per heavy atom. The zero-order valence-electron chi connectivity index (χ0n) is 10.8. The molecule has 0 fully saturated rings. The molecule has 0 N–H and O–H groups in total. The lowest BCUT2D eigenvalue weighted by Gasteiger charge is -2.20. The molecule has 2 rings (SSSR count). The molecule has 0 aromatic heterocycles. The minimum atomic E-state index is -0.0825. The van der Waals surface area contributed by atoms with Crippen molar-refractivity contribution in [2.24, 2.45) is 4.99 Å². The third-order valence-electron chi connectivity index (χ3n) is 3.43. The molecule has 1 unspecified atom stereocenters. The highest BCUT2D eigenvalue weighted by Crippen LogP contribution is 2.40. The van der Waals surface area contributed by atoms with Crippen molar-refractivity contribution in [1.29, 1.82) is 0 Å². The van der Waals surface area contributed by atoms with Gasteiger partial charge in [0, 0.05) is 5.71 Å². The number of fused-ring (bicyclic) bond motifs is 1. The maximum Gasteiger partial charge on any atom is 0.0674 e. The standard InChI is InChI=1S/C16H19N/c1-4-5-6-9-12-16(3)13(2)17-15-11-8-7-10-14(15)16/h6-8,10-12H,4-5H2,1-3H3. The molecule has 17 heavy (non-hydrogen) atoms. The van der Waals surface area contributed by atoms with Crippen molar-refractivity contribution in [2.75, 3.05) is 0 Å². The second-order valence-corrected chi connectivity index (χ2v) is 4.72. The second-order valence-electron chi connectivity index (χ2n) is 4.72. The summed E-state index contributed by atoms with van der Waals surface area (Å²) < 4.78 is 0. The fourth-order valence-electron chi connectivity index (χ4n) is 2.14. The first-order valence-electron chi connectivity index (χ1n) is 6.26. The van der Waals surface area contributed by atoms with E-state index in [-0.39, 0.29) is 5.41 Å². The smallest absolute Gasteiger partial charge is 0.0674 e. The van der Waals surface area contributed by atoms with Crippen molar-refractivity contribution in [3.8, 4) is 0 Å². The summed E-state index contributed by atoms with van der Waals surface area (Å²) >= 11 is 0. The van der Waals surface area contributed by atoms with Gasteiger partial charge >= 0.3 is 0 Å². The van der Waals surface area contributed by atoms with Crippen molar-refractivity contribution in [3.63, 3.8) is 0 Å². The van der Waals surface area contributed by atoms with Crippen molar-refractivity contribution in [1.82, 2.24) is 0 Å². The Labute approximate surface area is 104 Å². The molecule has 1 heteroatoms. The summed E-state index contributed by atoms with van der Waals surface area (Å²) in [7, 11) is 0. The Kier molecular flexibility index (Phi) is 3.31. The van der Waals surface area contributed by atoms with Crippen LogP contribution in [0, 0.1) is 0 Å². The van der Waals surface area contributed by atoms with Crippen LogP contribution < -0.4 is 0 Å². The van der Waals surface area contributed by atoms with Gasteiger partial charge in [0.05, 0.1) is 11.1 Å². The number of aliphatic imine (C=N–C) groups is 1. The zero-order chi connectivity index (χ0) is 12.3. The second kappa shape index (κ2) is 4.73. The van der Waals surface area contributed by atoms with Crippen LogP contribution >= 0.6 is 0 Å². The van der Waals surface area contributed by atoms with E-state index in [0.29, 0.717) is 0 Å². The number of allylic oxidation sites excluding steroid dienone is 1. The molecule has 1 aliphatic heterocycles. The van der Waals surface area contributed by atoms with Gasteiger partial charge in [-0.2, -0.15) is 0 Å². The number of benzene rings is 1. The van der Waals surface area contributed by atoms with Crippen LogP contribution in [-0.2, 0) is 5.41 Å². The molecule has 0 amide bonds. The normalized spacial score (nSPS) is 21.5. The van der Waals surface area contributed by atoms with E-state index < -0.39 is 0 Å². The van der Waals surface area contributed by atoms with Crippen LogP contribution in [0.25, 0.3) is 0 Å². The Bertz CT molecular complexity index is 504. The van der Waals surface area contributed by atoms with Gasteiger partial charge in [0.15, 0.2) is 0 Å². The van der Waals surface area contributed by atoms with E-state index in [2.05, 4.69) is 61.8 Å². The lowest BCUT2D eigenvalue weighted by molar-refractivity contribution is 0.828. The number of nitrogens with zero attached hydrogens (tertiary/aromatic N) is 1. The highest BCUT2D eigenvalue weighted by atomic mass is 14.8. The maximum absolute atomic E-state index is 4.64. The summed E-state index contributed by atoms with van der Waals surface area (Å²) in [4.78, 5) is 4.64. The highest BCUT2D eigenvalue weighted by Gasteiger charge is 2.34. The van der Waals surface area contributed by atoms with Crippen LogP contribution in [-0.4, -0.2) is 5.71 Å².